The predicted octanol–water partition coefficient (Wildman–Crippen LogP) is 4.18. The van der Waals surface area contributed by atoms with E-state index in [2.05, 4.69) is 50.4 Å². The van der Waals surface area contributed by atoms with E-state index >= 15 is 0 Å². The number of hydrogen-bond acceptors (Lipinski definition) is 3. The van der Waals surface area contributed by atoms with Crippen LogP contribution in [0.25, 0.3) is 0 Å². The van der Waals surface area contributed by atoms with Gasteiger partial charge in [-0.1, -0.05) is 34.1 Å². The van der Waals surface area contributed by atoms with Gasteiger partial charge in [0.15, 0.2) is 6.10 Å². The number of benzene rings is 2. The third kappa shape index (κ3) is 5.01. The highest BCUT2D eigenvalue weighted by molar-refractivity contribution is 9.10. The molecule has 1 aliphatic heterocycles. The van der Waals surface area contributed by atoms with Crippen LogP contribution in [-0.2, 0) is 11.2 Å². The molecule has 0 aliphatic carbocycles. The second-order valence-electron chi connectivity index (χ2n) is 6.58. The zero-order valence-corrected chi connectivity index (χ0v) is 16.7. The van der Waals surface area contributed by atoms with E-state index in [0.29, 0.717) is 12.3 Å². The molecule has 0 spiro atoms. The minimum absolute atomic E-state index is 0.0769. The van der Waals surface area contributed by atoms with Crippen LogP contribution in [0.3, 0.4) is 0 Å². The second kappa shape index (κ2) is 9.08. The molecule has 138 valence electrons. The molecule has 0 saturated heterocycles. The quantitative estimate of drug-likeness (QED) is 0.688. The third-order valence-electron chi connectivity index (χ3n) is 4.61. The van der Waals surface area contributed by atoms with Crippen molar-refractivity contribution in [3.05, 3.63) is 58.6 Å². The van der Waals surface area contributed by atoms with Crippen molar-refractivity contribution in [2.24, 2.45) is 0 Å². The second-order valence-corrected chi connectivity index (χ2v) is 7.49. The highest BCUT2D eigenvalue weighted by Gasteiger charge is 2.17. The summed E-state index contributed by atoms with van der Waals surface area (Å²) >= 11 is 3.39. The summed E-state index contributed by atoms with van der Waals surface area (Å²) in [7, 11) is 0. The lowest BCUT2D eigenvalue weighted by Gasteiger charge is -2.31. The summed E-state index contributed by atoms with van der Waals surface area (Å²) in [6, 6.07) is 16.1. The van der Waals surface area contributed by atoms with Gasteiger partial charge in [-0.2, -0.15) is 0 Å². The van der Waals surface area contributed by atoms with Gasteiger partial charge in [0.1, 0.15) is 5.75 Å². The molecule has 0 aromatic heterocycles. The number of carbonyl (C=O) groups excluding carboxylic acids is 1. The minimum Gasteiger partial charge on any atom is -0.481 e. The molecule has 5 heteroatoms. The molecule has 2 aromatic rings. The summed E-state index contributed by atoms with van der Waals surface area (Å²) in [4.78, 5) is 14.6. The number of rotatable bonds is 7. The molecule has 0 radical (unpaired) electrons. The SMILES string of the molecule is C[C@@H](Oc1ccc(Br)cc1)C(=O)NCCCN1CCCc2ccccc21. The first-order valence-corrected chi connectivity index (χ1v) is 9.95. The molecule has 0 saturated carbocycles. The maximum atomic E-state index is 12.2. The standard InChI is InChI=1S/C21H25BrN2O2/c1-16(26-19-11-9-18(22)10-12-19)21(25)23-13-5-15-24-14-4-7-17-6-2-3-8-20(17)24/h2-3,6,8-12,16H,4-5,7,13-15H2,1H3,(H,23,25)/t16-/m1/s1. The maximum Gasteiger partial charge on any atom is 0.260 e. The van der Waals surface area contributed by atoms with E-state index in [0.717, 1.165) is 30.4 Å². The zero-order chi connectivity index (χ0) is 18.4. The fourth-order valence-electron chi connectivity index (χ4n) is 3.24. The average Bonchev–Trinajstić information content (AvgIpc) is 2.67. The Morgan fingerprint density at radius 1 is 1.23 bits per heavy atom. The number of amides is 1. The molecule has 0 fully saturated rings. The lowest BCUT2D eigenvalue weighted by Crippen LogP contribution is -2.38. The van der Waals surface area contributed by atoms with Gasteiger partial charge in [0.25, 0.3) is 5.91 Å². The van der Waals surface area contributed by atoms with E-state index in [4.69, 9.17) is 4.74 Å². The van der Waals surface area contributed by atoms with Gasteiger partial charge in [0.05, 0.1) is 0 Å². The number of nitrogens with zero attached hydrogens (tertiary/aromatic N) is 1. The van der Waals surface area contributed by atoms with Crippen molar-refractivity contribution >= 4 is 27.5 Å². The fraction of sp³-hybridized carbons (Fsp3) is 0.381. The van der Waals surface area contributed by atoms with Crippen molar-refractivity contribution in [1.82, 2.24) is 5.32 Å². The highest BCUT2D eigenvalue weighted by Crippen LogP contribution is 2.26. The molecule has 0 bridgehead atoms. The van der Waals surface area contributed by atoms with Crippen molar-refractivity contribution in [2.45, 2.75) is 32.3 Å². The van der Waals surface area contributed by atoms with Crippen molar-refractivity contribution in [1.29, 1.82) is 0 Å². The number of carbonyl (C=O) groups is 1. The van der Waals surface area contributed by atoms with Crippen LogP contribution in [0, 0.1) is 0 Å². The van der Waals surface area contributed by atoms with Crippen LogP contribution in [-0.4, -0.2) is 31.6 Å². The molecule has 1 atom stereocenters. The van der Waals surface area contributed by atoms with Crippen molar-refractivity contribution in [3.8, 4) is 5.75 Å². The Hall–Kier alpha value is -2.01. The van der Waals surface area contributed by atoms with Crippen molar-refractivity contribution in [2.75, 3.05) is 24.5 Å². The molecule has 2 aromatic carbocycles. The first-order valence-electron chi connectivity index (χ1n) is 9.16. The number of anilines is 1. The van der Waals surface area contributed by atoms with Crippen LogP contribution in [0.5, 0.6) is 5.75 Å². The topological polar surface area (TPSA) is 41.6 Å². The molecule has 4 nitrogen and oxygen atoms in total. The molecule has 26 heavy (non-hydrogen) atoms. The summed E-state index contributed by atoms with van der Waals surface area (Å²) in [5.74, 6) is 0.618. The fourth-order valence-corrected chi connectivity index (χ4v) is 3.50. The largest absolute Gasteiger partial charge is 0.481 e. The van der Waals surface area contributed by atoms with Crippen LogP contribution in [0.2, 0.25) is 0 Å². The van der Waals surface area contributed by atoms with Gasteiger partial charge in [-0.15, -0.1) is 0 Å². The Balaban J connectivity index is 1.41. The lowest BCUT2D eigenvalue weighted by molar-refractivity contribution is -0.127. The number of fused-ring (bicyclic) bond motifs is 1. The minimum atomic E-state index is -0.508. The van der Waals surface area contributed by atoms with E-state index in [9.17, 15) is 4.79 Å². The molecule has 1 aliphatic rings. The van der Waals surface area contributed by atoms with E-state index in [-0.39, 0.29) is 5.91 Å². The molecular formula is C21H25BrN2O2. The van der Waals surface area contributed by atoms with Crippen LogP contribution >= 0.6 is 15.9 Å². The Labute approximate surface area is 163 Å². The summed E-state index contributed by atoms with van der Waals surface area (Å²) in [6.45, 7) is 4.48. The molecular weight excluding hydrogens is 392 g/mol. The van der Waals surface area contributed by atoms with Crippen LogP contribution in [0.15, 0.2) is 53.0 Å². The van der Waals surface area contributed by atoms with Gasteiger partial charge >= 0.3 is 0 Å². The Bertz CT molecular complexity index is 733. The highest BCUT2D eigenvalue weighted by atomic mass is 79.9. The number of hydrogen-bond donors (Lipinski definition) is 1. The summed E-state index contributed by atoms with van der Waals surface area (Å²) in [5, 5.41) is 2.98. The lowest BCUT2D eigenvalue weighted by atomic mass is 10.0. The molecule has 1 N–H and O–H groups in total. The monoisotopic (exact) mass is 416 g/mol. The number of nitrogens with one attached hydrogen (secondary N) is 1. The van der Waals surface area contributed by atoms with Gasteiger partial charge in [0, 0.05) is 29.8 Å². The van der Waals surface area contributed by atoms with E-state index in [1.807, 2.05) is 24.3 Å². The third-order valence-corrected chi connectivity index (χ3v) is 5.13. The molecule has 3 rings (SSSR count). The van der Waals surface area contributed by atoms with Crippen LogP contribution in [0.4, 0.5) is 5.69 Å². The molecule has 1 heterocycles. The van der Waals surface area contributed by atoms with Gasteiger partial charge in [0.2, 0.25) is 0 Å². The van der Waals surface area contributed by atoms with E-state index < -0.39 is 6.10 Å². The van der Waals surface area contributed by atoms with Gasteiger partial charge in [-0.05, 0) is 62.1 Å². The average molecular weight is 417 g/mol. The first kappa shape index (κ1) is 18.8. The Morgan fingerprint density at radius 2 is 2.00 bits per heavy atom. The number of ether oxygens (including phenoxy) is 1. The Kier molecular flexibility index (Phi) is 6.56. The summed E-state index contributed by atoms with van der Waals surface area (Å²) < 4.78 is 6.67. The summed E-state index contributed by atoms with van der Waals surface area (Å²) in [6.07, 6.45) is 2.77. The smallest absolute Gasteiger partial charge is 0.260 e. The normalized spacial score (nSPS) is 14.5. The number of aryl methyl sites for hydroxylation is 1. The number of halogens is 1. The maximum absolute atomic E-state index is 12.2. The van der Waals surface area contributed by atoms with Crippen molar-refractivity contribution < 1.29 is 9.53 Å². The van der Waals surface area contributed by atoms with Crippen LogP contribution < -0.4 is 15.0 Å². The van der Waals surface area contributed by atoms with Gasteiger partial charge < -0.3 is 15.0 Å². The van der Waals surface area contributed by atoms with E-state index in [1.165, 1.54) is 17.7 Å². The van der Waals surface area contributed by atoms with Gasteiger partial charge in [-0.3, -0.25) is 4.79 Å². The number of para-hydroxylation sites is 1. The van der Waals surface area contributed by atoms with Crippen molar-refractivity contribution in [3.63, 3.8) is 0 Å². The first-order chi connectivity index (χ1) is 12.6. The summed E-state index contributed by atoms with van der Waals surface area (Å²) in [5.41, 5.74) is 2.77. The van der Waals surface area contributed by atoms with Crippen LogP contribution in [0.1, 0.15) is 25.3 Å². The molecule has 1 amide bonds. The van der Waals surface area contributed by atoms with E-state index in [1.54, 1.807) is 6.92 Å². The zero-order valence-electron chi connectivity index (χ0n) is 15.1. The Morgan fingerprint density at radius 3 is 2.81 bits per heavy atom. The predicted molar refractivity (Wildman–Crippen MR) is 109 cm³/mol. The molecule has 0 unspecified atom stereocenters. The van der Waals surface area contributed by atoms with Gasteiger partial charge in [-0.25, -0.2) is 0 Å².